The van der Waals surface area contributed by atoms with Crippen LogP contribution in [0.1, 0.15) is 25.3 Å². The van der Waals surface area contributed by atoms with E-state index in [1.54, 1.807) is 4.90 Å². The van der Waals surface area contributed by atoms with Gasteiger partial charge in [-0.1, -0.05) is 12.1 Å². The molecule has 132 valence electrons. The Balaban J connectivity index is 1.47. The summed E-state index contributed by atoms with van der Waals surface area (Å²) in [6.07, 6.45) is 6.16. The van der Waals surface area contributed by atoms with Gasteiger partial charge in [0.25, 0.3) is 0 Å². The van der Waals surface area contributed by atoms with E-state index in [9.17, 15) is 4.79 Å². The molecule has 3 aliphatic heterocycles. The molecule has 0 spiro atoms. The number of urea groups is 1. The van der Waals surface area contributed by atoms with Gasteiger partial charge in [-0.3, -0.25) is 9.80 Å². The van der Waals surface area contributed by atoms with Crippen LogP contribution in [0.4, 0.5) is 10.5 Å². The number of hydrogen-bond acceptors (Lipinski definition) is 4. The fraction of sp³-hybridized carbons (Fsp3) is 0.421. The molecule has 0 saturated carbocycles. The Labute approximate surface area is 148 Å². The van der Waals surface area contributed by atoms with Gasteiger partial charge in [0.15, 0.2) is 0 Å². The number of rotatable bonds is 3. The van der Waals surface area contributed by atoms with E-state index in [0.29, 0.717) is 6.04 Å². The standard InChI is InChI=1S/C19H25N5O/c1-13-9-15-11-24(19(25)22-18(15)21-13)17-6-4-14(5-7-17)10-23-8-2-3-16(20)12-23/h4-7,9,11,16,18,21H,2-3,8,10,12,20H2,1H3,(H,22,25). The monoisotopic (exact) mass is 339 g/mol. The molecule has 2 atom stereocenters. The number of hydrogen-bond donors (Lipinski definition) is 3. The summed E-state index contributed by atoms with van der Waals surface area (Å²) in [6.45, 7) is 4.98. The summed E-state index contributed by atoms with van der Waals surface area (Å²) in [5.74, 6) is 0. The third kappa shape index (κ3) is 3.41. The largest absolute Gasteiger partial charge is 0.365 e. The Morgan fingerprint density at radius 2 is 2.04 bits per heavy atom. The van der Waals surface area contributed by atoms with Crippen LogP contribution in [0.15, 0.2) is 47.8 Å². The number of carbonyl (C=O) groups is 1. The normalized spacial score (nSPS) is 26.5. The lowest BCUT2D eigenvalue weighted by atomic mass is 10.1. The average Bonchev–Trinajstić information content (AvgIpc) is 2.94. The van der Waals surface area contributed by atoms with E-state index < -0.39 is 0 Å². The highest BCUT2D eigenvalue weighted by molar-refractivity contribution is 5.96. The van der Waals surface area contributed by atoms with Crippen LogP contribution >= 0.6 is 0 Å². The predicted molar refractivity (Wildman–Crippen MR) is 98.7 cm³/mol. The van der Waals surface area contributed by atoms with Crippen molar-refractivity contribution in [2.45, 2.75) is 38.5 Å². The Morgan fingerprint density at radius 3 is 2.80 bits per heavy atom. The first kappa shape index (κ1) is 16.2. The number of benzene rings is 1. The quantitative estimate of drug-likeness (QED) is 0.786. The summed E-state index contributed by atoms with van der Waals surface area (Å²) in [5.41, 5.74) is 10.3. The van der Waals surface area contributed by atoms with Crippen LogP contribution in [0.25, 0.3) is 0 Å². The maximum atomic E-state index is 12.4. The number of piperidine rings is 1. The second-order valence-corrected chi connectivity index (χ2v) is 7.16. The highest BCUT2D eigenvalue weighted by Gasteiger charge is 2.29. The molecule has 3 aliphatic rings. The fourth-order valence-corrected chi connectivity index (χ4v) is 3.76. The molecule has 0 aromatic heterocycles. The third-order valence-electron chi connectivity index (χ3n) is 5.02. The molecule has 1 saturated heterocycles. The topological polar surface area (TPSA) is 73.6 Å². The van der Waals surface area contributed by atoms with Crippen molar-refractivity contribution in [2.24, 2.45) is 5.73 Å². The van der Waals surface area contributed by atoms with Gasteiger partial charge < -0.3 is 16.4 Å². The molecule has 6 nitrogen and oxygen atoms in total. The first-order valence-corrected chi connectivity index (χ1v) is 8.92. The molecule has 0 bridgehead atoms. The number of nitrogens with zero attached hydrogens (tertiary/aromatic N) is 2. The number of carbonyl (C=O) groups excluding carboxylic acids is 1. The van der Waals surface area contributed by atoms with Gasteiger partial charge in [0, 0.05) is 36.6 Å². The first-order valence-electron chi connectivity index (χ1n) is 8.92. The molecule has 0 aliphatic carbocycles. The molecule has 1 fully saturated rings. The van der Waals surface area contributed by atoms with Crippen molar-refractivity contribution in [3.63, 3.8) is 0 Å². The predicted octanol–water partition coefficient (Wildman–Crippen LogP) is 1.86. The number of nitrogens with two attached hydrogens (primary N) is 1. The Kier molecular flexibility index (Phi) is 4.23. The van der Waals surface area contributed by atoms with Crippen molar-refractivity contribution in [1.29, 1.82) is 0 Å². The van der Waals surface area contributed by atoms with Gasteiger partial charge in [0.2, 0.25) is 0 Å². The lowest BCUT2D eigenvalue weighted by molar-refractivity contribution is 0.201. The zero-order valence-electron chi connectivity index (χ0n) is 14.5. The van der Waals surface area contributed by atoms with Gasteiger partial charge in [-0.25, -0.2) is 4.79 Å². The summed E-state index contributed by atoms with van der Waals surface area (Å²) < 4.78 is 0. The molecule has 4 N–H and O–H groups in total. The molecule has 3 heterocycles. The van der Waals surface area contributed by atoms with E-state index in [1.165, 1.54) is 12.0 Å². The minimum atomic E-state index is -0.112. The number of nitrogens with one attached hydrogen (secondary N) is 2. The molecular formula is C19H25N5O. The molecule has 6 heteroatoms. The van der Waals surface area contributed by atoms with Crippen LogP contribution in [0.2, 0.25) is 0 Å². The summed E-state index contributed by atoms with van der Waals surface area (Å²) in [4.78, 5) is 16.4. The van der Waals surface area contributed by atoms with Gasteiger partial charge in [-0.15, -0.1) is 0 Å². The Morgan fingerprint density at radius 1 is 1.24 bits per heavy atom. The third-order valence-corrected chi connectivity index (χ3v) is 5.02. The van der Waals surface area contributed by atoms with Crippen molar-refractivity contribution in [3.05, 3.63) is 53.4 Å². The number of anilines is 1. The lowest BCUT2D eigenvalue weighted by Crippen LogP contribution is -2.51. The average molecular weight is 339 g/mol. The zero-order valence-corrected chi connectivity index (χ0v) is 14.5. The number of likely N-dealkylation sites (tertiary alicyclic amines) is 1. The van der Waals surface area contributed by atoms with Gasteiger partial charge in [-0.05, 0) is 50.1 Å². The van der Waals surface area contributed by atoms with Gasteiger partial charge in [-0.2, -0.15) is 0 Å². The molecule has 25 heavy (non-hydrogen) atoms. The van der Waals surface area contributed by atoms with Crippen molar-refractivity contribution in [1.82, 2.24) is 15.5 Å². The zero-order chi connectivity index (χ0) is 17.4. The molecule has 1 aromatic carbocycles. The van der Waals surface area contributed by atoms with E-state index in [0.717, 1.165) is 43.0 Å². The van der Waals surface area contributed by atoms with Gasteiger partial charge >= 0.3 is 6.03 Å². The summed E-state index contributed by atoms with van der Waals surface area (Å²) >= 11 is 0. The van der Waals surface area contributed by atoms with Crippen molar-refractivity contribution < 1.29 is 4.79 Å². The van der Waals surface area contributed by atoms with E-state index in [1.807, 2.05) is 25.3 Å². The minimum Gasteiger partial charge on any atom is -0.365 e. The highest BCUT2D eigenvalue weighted by Crippen LogP contribution is 2.24. The van der Waals surface area contributed by atoms with Crippen LogP contribution in [0.5, 0.6) is 0 Å². The van der Waals surface area contributed by atoms with E-state index >= 15 is 0 Å². The molecule has 2 unspecified atom stereocenters. The molecule has 4 rings (SSSR count). The van der Waals surface area contributed by atoms with Gasteiger partial charge in [0.05, 0.1) is 5.69 Å². The fourth-order valence-electron chi connectivity index (χ4n) is 3.76. The van der Waals surface area contributed by atoms with Crippen molar-refractivity contribution in [2.75, 3.05) is 18.0 Å². The number of fused-ring (bicyclic) bond motifs is 1. The summed E-state index contributed by atoms with van der Waals surface area (Å²) in [6, 6.07) is 8.40. The molecule has 0 radical (unpaired) electrons. The Hall–Kier alpha value is -2.31. The molecule has 2 amide bonds. The maximum absolute atomic E-state index is 12.4. The second kappa shape index (κ2) is 6.54. The van der Waals surface area contributed by atoms with E-state index in [2.05, 4.69) is 33.7 Å². The lowest BCUT2D eigenvalue weighted by Gasteiger charge is -2.31. The van der Waals surface area contributed by atoms with Gasteiger partial charge in [0.1, 0.15) is 6.17 Å². The minimum absolute atomic E-state index is 0.105. The smallest absolute Gasteiger partial charge is 0.327 e. The Bertz CT molecular complexity index is 724. The van der Waals surface area contributed by atoms with Crippen LogP contribution < -0.4 is 21.3 Å². The number of allylic oxidation sites excluding steroid dienone is 1. The van der Waals surface area contributed by atoms with Crippen LogP contribution in [-0.4, -0.2) is 36.2 Å². The van der Waals surface area contributed by atoms with Crippen LogP contribution in [-0.2, 0) is 6.54 Å². The number of amides is 2. The first-order chi connectivity index (χ1) is 12.1. The van der Waals surface area contributed by atoms with Crippen LogP contribution in [0, 0.1) is 0 Å². The van der Waals surface area contributed by atoms with E-state index in [4.69, 9.17) is 5.73 Å². The highest BCUT2D eigenvalue weighted by atomic mass is 16.2. The molecule has 1 aromatic rings. The summed E-state index contributed by atoms with van der Waals surface area (Å²) in [5, 5.41) is 6.21. The van der Waals surface area contributed by atoms with Crippen molar-refractivity contribution >= 4 is 11.7 Å². The van der Waals surface area contributed by atoms with E-state index in [-0.39, 0.29) is 12.2 Å². The SMILES string of the molecule is CC1=CC2=CN(c3ccc(CN4CCCC(N)C4)cc3)C(=O)NC2N1. The maximum Gasteiger partial charge on any atom is 0.327 e. The van der Waals surface area contributed by atoms with Crippen molar-refractivity contribution in [3.8, 4) is 0 Å². The van der Waals surface area contributed by atoms with Crippen LogP contribution in [0.3, 0.4) is 0 Å². The molecular weight excluding hydrogens is 314 g/mol. The second-order valence-electron chi connectivity index (χ2n) is 7.16. The summed E-state index contributed by atoms with van der Waals surface area (Å²) in [7, 11) is 0.